The van der Waals surface area contributed by atoms with Gasteiger partial charge in [0.2, 0.25) is 5.95 Å². The number of imidazole rings is 1. The van der Waals surface area contributed by atoms with E-state index in [9.17, 15) is 0 Å². The van der Waals surface area contributed by atoms with Crippen LogP contribution in [0.2, 0.25) is 5.02 Å². The number of nitrogens with zero attached hydrogens (tertiary/aromatic N) is 4. The average molecular weight is 368 g/mol. The zero-order valence-electron chi connectivity index (χ0n) is 13.3. The van der Waals surface area contributed by atoms with Crippen LogP contribution in [0.5, 0.6) is 0 Å². The molecule has 0 fully saturated rings. The van der Waals surface area contributed by atoms with E-state index in [-0.39, 0.29) is 0 Å². The van der Waals surface area contributed by atoms with Crippen LogP contribution in [-0.2, 0) is 0 Å². The van der Waals surface area contributed by atoms with Crippen LogP contribution in [0.3, 0.4) is 0 Å². The first-order chi connectivity index (χ1) is 12.3. The number of benzene rings is 1. The van der Waals surface area contributed by atoms with Crippen molar-refractivity contribution in [2.75, 3.05) is 12.4 Å². The van der Waals surface area contributed by atoms with Gasteiger partial charge in [-0.05, 0) is 23.6 Å². The lowest BCUT2D eigenvalue weighted by Crippen LogP contribution is -2.06. The highest BCUT2D eigenvalue weighted by molar-refractivity contribution is 7.13. The van der Waals surface area contributed by atoms with Crippen molar-refractivity contribution in [3.05, 3.63) is 65.5 Å². The summed E-state index contributed by atoms with van der Waals surface area (Å²) in [5.41, 5.74) is 2.73. The predicted octanol–water partition coefficient (Wildman–Crippen LogP) is 4.75. The Morgan fingerprint density at radius 2 is 2.08 bits per heavy atom. The summed E-state index contributed by atoms with van der Waals surface area (Å²) in [5.74, 6) is 1.31. The maximum absolute atomic E-state index is 6.21. The van der Waals surface area contributed by atoms with Crippen molar-refractivity contribution in [2.24, 2.45) is 0 Å². The Morgan fingerprint density at radius 3 is 2.76 bits per heavy atom. The van der Waals surface area contributed by atoms with Crippen molar-refractivity contribution in [1.29, 1.82) is 0 Å². The quantitative estimate of drug-likeness (QED) is 0.565. The van der Waals surface area contributed by atoms with Gasteiger partial charge in [0.25, 0.3) is 0 Å². The van der Waals surface area contributed by atoms with E-state index in [1.165, 1.54) is 0 Å². The lowest BCUT2D eigenvalue weighted by molar-refractivity contribution is 0.931. The molecule has 0 saturated heterocycles. The summed E-state index contributed by atoms with van der Waals surface area (Å²) in [6, 6.07) is 11.8. The molecule has 4 aromatic rings. The van der Waals surface area contributed by atoms with E-state index in [1.54, 1.807) is 28.4 Å². The second-order valence-corrected chi connectivity index (χ2v) is 6.69. The average Bonchev–Trinajstić information content (AvgIpc) is 3.34. The highest BCUT2D eigenvalue weighted by Crippen LogP contribution is 2.39. The molecule has 0 radical (unpaired) electrons. The molecule has 0 bridgehead atoms. The molecular formula is C18H14ClN5S. The largest absolute Gasteiger partial charge is 0.372 e. The molecule has 25 heavy (non-hydrogen) atoms. The van der Waals surface area contributed by atoms with E-state index in [0.717, 1.165) is 27.5 Å². The Bertz CT molecular complexity index is 997. The van der Waals surface area contributed by atoms with Crippen LogP contribution in [0.25, 0.3) is 27.6 Å². The Labute approximate surface area is 154 Å². The zero-order valence-corrected chi connectivity index (χ0v) is 14.9. The van der Waals surface area contributed by atoms with E-state index < -0.39 is 0 Å². The first-order valence-corrected chi connectivity index (χ1v) is 8.90. The molecule has 1 aromatic carbocycles. The summed E-state index contributed by atoms with van der Waals surface area (Å²) in [4.78, 5) is 14.7. The number of hydrogen-bond donors (Lipinski definition) is 1. The van der Waals surface area contributed by atoms with Crippen LogP contribution in [-0.4, -0.2) is 26.6 Å². The van der Waals surface area contributed by atoms with Crippen molar-refractivity contribution < 1.29 is 0 Å². The van der Waals surface area contributed by atoms with Crippen molar-refractivity contribution in [3.63, 3.8) is 0 Å². The number of aromatic nitrogens is 4. The standard InChI is InChI=1S/C18H14ClN5S/c1-20-17-15(14-6-3-9-25-14)16(12-4-2-5-13(19)10-12)22-18(23-17)24-8-7-21-11-24/h2-11H,1H3,(H,20,22,23). The van der Waals surface area contributed by atoms with Gasteiger partial charge in [0.15, 0.2) is 0 Å². The lowest BCUT2D eigenvalue weighted by Gasteiger charge is -2.15. The second-order valence-electron chi connectivity index (χ2n) is 5.30. The normalized spacial score (nSPS) is 10.8. The minimum absolute atomic E-state index is 0.553. The van der Waals surface area contributed by atoms with Crippen molar-refractivity contribution >= 4 is 28.8 Å². The third-order valence-electron chi connectivity index (χ3n) is 3.73. The Balaban J connectivity index is 2.02. The number of thiophene rings is 1. The fraction of sp³-hybridized carbons (Fsp3) is 0.0556. The monoisotopic (exact) mass is 367 g/mol. The summed E-state index contributed by atoms with van der Waals surface area (Å²) >= 11 is 7.86. The van der Waals surface area contributed by atoms with Crippen LogP contribution in [0.4, 0.5) is 5.82 Å². The highest BCUT2D eigenvalue weighted by atomic mass is 35.5. The maximum atomic E-state index is 6.21. The Kier molecular flexibility index (Phi) is 4.21. The molecule has 5 nitrogen and oxygen atoms in total. The van der Waals surface area contributed by atoms with Crippen molar-refractivity contribution in [1.82, 2.24) is 19.5 Å². The van der Waals surface area contributed by atoms with E-state index in [0.29, 0.717) is 11.0 Å². The number of anilines is 1. The number of nitrogens with one attached hydrogen (secondary N) is 1. The van der Waals surface area contributed by atoms with Gasteiger partial charge in [-0.3, -0.25) is 4.57 Å². The van der Waals surface area contributed by atoms with Gasteiger partial charge in [-0.25, -0.2) is 9.97 Å². The van der Waals surface area contributed by atoms with Crippen LogP contribution in [0.1, 0.15) is 0 Å². The van der Waals surface area contributed by atoms with Gasteiger partial charge in [0, 0.05) is 34.9 Å². The Hall–Kier alpha value is -2.70. The minimum Gasteiger partial charge on any atom is -0.372 e. The SMILES string of the molecule is CNc1nc(-n2ccnc2)nc(-c2cccc(Cl)c2)c1-c1cccs1. The summed E-state index contributed by atoms with van der Waals surface area (Å²) < 4.78 is 1.78. The minimum atomic E-state index is 0.553. The van der Waals surface area contributed by atoms with Gasteiger partial charge < -0.3 is 5.32 Å². The topological polar surface area (TPSA) is 55.6 Å². The van der Waals surface area contributed by atoms with Crippen LogP contribution < -0.4 is 5.32 Å². The third kappa shape index (κ3) is 3.01. The second kappa shape index (κ2) is 6.66. The highest BCUT2D eigenvalue weighted by Gasteiger charge is 2.18. The zero-order chi connectivity index (χ0) is 17.2. The molecule has 0 saturated carbocycles. The molecule has 0 atom stereocenters. The fourth-order valence-corrected chi connectivity index (χ4v) is 3.58. The summed E-state index contributed by atoms with van der Waals surface area (Å²) in [7, 11) is 1.86. The molecule has 0 aliphatic carbocycles. The Morgan fingerprint density at radius 1 is 1.16 bits per heavy atom. The van der Waals surface area contributed by atoms with Gasteiger partial charge in [0.1, 0.15) is 12.1 Å². The molecule has 0 amide bonds. The molecule has 1 N–H and O–H groups in total. The van der Waals surface area contributed by atoms with Crippen LogP contribution >= 0.6 is 22.9 Å². The van der Waals surface area contributed by atoms with Gasteiger partial charge in [-0.15, -0.1) is 11.3 Å². The molecular weight excluding hydrogens is 354 g/mol. The first kappa shape index (κ1) is 15.8. The number of halogens is 1. The summed E-state index contributed by atoms with van der Waals surface area (Å²) in [6.07, 6.45) is 5.21. The van der Waals surface area contributed by atoms with Crippen molar-refractivity contribution in [3.8, 4) is 27.6 Å². The van der Waals surface area contributed by atoms with Gasteiger partial charge in [-0.1, -0.05) is 29.8 Å². The van der Waals surface area contributed by atoms with E-state index in [2.05, 4.69) is 21.4 Å². The van der Waals surface area contributed by atoms with Gasteiger partial charge >= 0.3 is 0 Å². The summed E-state index contributed by atoms with van der Waals surface area (Å²) in [6.45, 7) is 0. The molecule has 3 heterocycles. The fourth-order valence-electron chi connectivity index (χ4n) is 2.62. The molecule has 0 spiro atoms. The van der Waals surface area contributed by atoms with Crippen LogP contribution in [0.15, 0.2) is 60.5 Å². The first-order valence-electron chi connectivity index (χ1n) is 7.64. The molecule has 124 valence electrons. The molecule has 4 rings (SSSR count). The molecule has 0 aliphatic rings. The molecule has 0 aliphatic heterocycles. The van der Waals surface area contributed by atoms with E-state index in [1.807, 2.05) is 49.0 Å². The third-order valence-corrected chi connectivity index (χ3v) is 4.86. The van der Waals surface area contributed by atoms with E-state index >= 15 is 0 Å². The van der Waals surface area contributed by atoms with Crippen LogP contribution in [0, 0.1) is 0 Å². The van der Waals surface area contributed by atoms with Gasteiger partial charge in [-0.2, -0.15) is 4.98 Å². The summed E-state index contributed by atoms with van der Waals surface area (Å²) in [5, 5.41) is 5.91. The van der Waals surface area contributed by atoms with Gasteiger partial charge in [0.05, 0.1) is 11.3 Å². The van der Waals surface area contributed by atoms with E-state index in [4.69, 9.17) is 16.6 Å². The predicted molar refractivity (Wildman–Crippen MR) is 102 cm³/mol. The molecule has 7 heteroatoms. The maximum Gasteiger partial charge on any atom is 0.237 e. The number of hydrogen-bond acceptors (Lipinski definition) is 5. The smallest absolute Gasteiger partial charge is 0.237 e. The molecule has 3 aromatic heterocycles. The lowest BCUT2D eigenvalue weighted by atomic mass is 10.0. The number of rotatable bonds is 4. The molecule has 0 unspecified atom stereocenters. The van der Waals surface area contributed by atoms with Crippen molar-refractivity contribution in [2.45, 2.75) is 0 Å².